The number of rotatable bonds is 4. The normalized spacial score (nSPS) is 15.2. The van der Waals surface area contributed by atoms with Gasteiger partial charge in [-0.25, -0.2) is 0 Å². The lowest BCUT2D eigenvalue weighted by Crippen LogP contribution is -2.39. The number of fused-ring (bicyclic) bond motifs is 1. The number of carbonyl (C=O) groups excluding carboxylic acids is 2. The van der Waals surface area contributed by atoms with Gasteiger partial charge in [0.2, 0.25) is 5.91 Å². The summed E-state index contributed by atoms with van der Waals surface area (Å²) in [5.74, 6) is 1.26. The van der Waals surface area contributed by atoms with E-state index in [1.54, 1.807) is 48.3 Å². The van der Waals surface area contributed by atoms with Crippen LogP contribution in [-0.2, 0) is 4.79 Å². The highest BCUT2D eigenvalue weighted by atomic mass is 16.5. The van der Waals surface area contributed by atoms with E-state index in [1.807, 2.05) is 13.8 Å². The molecule has 0 aliphatic carbocycles. The minimum atomic E-state index is -0.628. The molecule has 0 unspecified atom stereocenters. The molecule has 1 heterocycles. The van der Waals surface area contributed by atoms with E-state index >= 15 is 0 Å². The molecule has 3 rings (SSSR count). The fourth-order valence-electron chi connectivity index (χ4n) is 3.05. The topological polar surface area (TPSA) is 77.1 Å². The Morgan fingerprint density at radius 3 is 2.50 bits per heavy atom. The number of nitrogens with one attached hydrogen (secondary N) is 1. The standard InChI is InChI=1S/C21H24N2O5/c1-21(2)12-28-17-11-14(7-8-15(17)23(3)20(21)25)22-19(24)13-6-9-16(26-4)18(10-13)27-5/h6-11H,12H2,1-5H3,(H,22,24). The van der Waals surface area contributed by atoms with Crippen LogP contribution < -0.4 is 24.4 Å². The number of hydrogen-bond acceptors (Lipinski definition) is 5. The molecule has 0 saturated heterocycles. The number of benzene rings is 2. The van der Waals surface area contributed by atoms with Crippen molar-refractivity contribution in [3.8, 4) is 17.2 Å². The summed E-state index contributed by atoms with van der Waals surface area (Å²) in [7, 11) is 4.78. The number of hydrogen-bond donors (Lipinski definition) is 1. The van der Waals surface area contributed by atoms with Gasteiger partial charge in [0.25, 0.3) is 5.91 Å². The predicted octanol–water partition coefficient (Wildman–Crippen LogP) is 3.34. The van der Waals surface area contributed by atoms with E-state index in [2.05, 4.69) is 5.32 Å². The number of ether oxygens (including phenoxy) is 3. The third-order valence-corrected chi connectivity index (χ3v) is 4.70. The quantitative estimate of drug-likeness (QED) is 0.875. The van der Waals surface area contributed by atoms with Gasteiger partial charge in [0.05, 0.1) is 25.3 Å². The van der Waals surface area contributed by atoms with Crippen LogP contribution in [-0.4, -0.2) is 39.7 Å². The molecule has 28 heavy (non-hydrogen) atoms. The van der Waals surface area contributed by atoms with Crippen molar-refractivity contribution >= 4 is 23.2 Å². The fourth-order valence-corrected chi connectivity index (χ4v) is 3.05. The summed E-state index contributed by atoms with van der Waals surface area (Å²) in [4.78, 5) is 26.8. The van der Waals surface area contributed by atoms with Gasteiger partial charge >= 0.3 is 0 Å². The average molecular weight is 384 g/mol. The third kappa shape index (κ3) is 3.60. The number of methoxy groups -OCH3 is 2. The molecular formula is C21H24N2O5. The zero-order valence-electron chi connectivity index (χ0n) is 16.7. The largest absolute Gasteiger partial charge is 0.493 e. The van der Waals surface area contributed by atoms with Gasteiger partial charge in [-0.1, -0.05) is 0 Å². The molecule has 148 valence electrons. The van der Waals surface area contributed by atoms with Crippen LogP contribution in [0.15, 0.2) is 36.4 Å². The van der Waals surface area contributed by atoms with E-state index in [4.69, 9.17) is 14.2 Å². The molecule has 0 atom stereocenters. The molecule has 1 aliphatic rings. The van der Waals surface area contributed by atoms with Crippen LogP contribution in [0.25, 0.3) is 0 Å². The van der Waals surface area contributed by atoms with Gasteiger partial charge < -0.3 is 24.4 Å². The van der Waals surface area contributed by atoms with Gasteiger partial charge in [0.1, 0.15) is 12.4 Å². The molecule has 0 fully saturated rings. The van der Waals surface area contributed by atoms with Crippen LogP contribution in [0.4, 0.5) is 11.4 Å². The van der Waals surface area contributed by atoms with Crippen molar-refractivity contribution in [2.45, 2.75) is 13.8 Å². The second kappa shape index (κ2) is 7.42. The lowest BCUT2D eigenvalue weighted by molar-refractivity contribution is -0.127. The molecule has 7 heteroatoms. The fraction of sp³-hybridized carbons (Fsp3) is 0.333. The molecule has 2 aromatic carbocycles. The first-order valence-corrected chi connectivity index (χ1v) is 8.85. The van der Waals surface area contributed by atoms with Crippen molar-refractivity contribution in [1.82, 2.24) is 0 Å². The summed E-state index contributed by atoms with van der Waals surface area (Å²) < 4.78 is 16.3. The Bertz CT molecular complexity index is 923. The predicted molar refractivity (Wildman–Crippen MR) is 107 cm³/mol. The van der Waals surface area contributed by atoms with Gasteiger partial charge in [0.15, 0.2) is 11.5 Å². The summed E-state index contributed by atoms with van der Waals surface area (Å²) in [6.45, 7) is 3.95. The molecule has 1 N–H and O–H groups in total. The highest BCUT2D eigenvalue weighted by molar-refractivity contribution is 6.05. The first kappa shape index (κ1) is 19.5. The maximum atomic E-state index is 12.6. The Morgan fingerprint density at radius 1 is 1.11 bits per heavy atom. The summed E-state index contributed by atoms with van der Waals surface area (Å²) in [5, 5.41) is 2.85. The van der Waals surface area contributed by atoms with Gasteiger partial charge in [-0.15, -0.1) is 0 Å². The summed E-state index contributed by atoms with van der Waals surface area (Å²) in [5.41, 5.74) is 1.04. The molecule has 2 amide bonds. The smallest absolute Gasteiger partial charge is 0.255 e. The second-order valence-electron chi connectivity index (χ2n) is 7.24. The third-order valence-electron chi connectivity index (χ3n) is 4.70. The van der Waals surface area contributed by atoms with Crippen molar-refractivity contribution in [2.75, 3.05) is 38.1 Å². The van der Waals surface area contributed by atoms with E-state index in [0.29, 0.717) is 34.2 Å². The van der Waals surface area contributed by atoms with E-state index in [0.717, 1.165) is 0 Å². The molecule has 0 aromatic heterocycles. The monoisotopic (exact) mass is 384 g/mol. The van der Waals surface area contributed by atoms with Gasteiger partial charge in [-0.2, -0.15) is 0 Å². The molecule has 1 aliphatic heterocycles. The average Bonchev–Trinajstić information content (AvgIpc) is 2.77. The number of amides is 2. The van der Waals surface area contributed by atoms with Crippen molar-refractivity contribution in [3.63, 3.8) is 0 Å². The SMILES string of the molecule is COc1ccc(C(=O)Nc2ccc3c(c2)OCC(C)(C)C(=O)N3C)cc1OC. The molecule has 0 spiro atoms. The Morgan fingerprint density at radius 2 is 1.82 bits per heavy atom. The van der Waals surface area contributed by atoms with Crippen LogP contribution in [0.3, 0.4) is 0 Å². The van der Waals surface area contributed by atoms with E-state index in [9.17, 15) is 9.59 Å². The summed E-state index contributed by atoms with van der Waals surface area (Å²) in [6.07, 6.45) is 0. The Hall–Kier alpha value is -3.22. The lowest BCUT2D eigenvalue weighted by atomic mass is 9.93. The highest BCUT2D eigenvalue weighted by Gasteiger charge is 2.36. The molecule has 7 nitrogen and oxygen atoms in total. The summed E-state index contributed by atoms with van der Waals surface area (Å²) >= 11 is 0. The second-order valence-corrected chi connectivity index (χ2v) is 7.24. The number of anilines is 2. The maximum Gasteiger partial charge on any atom is 0.255 e. The molecule has 0 bridgehead atoms. The van der Waals surface area contributed by atoms with Crippen LogP contribution in [0.1, 0.15) is 24.2 Å². The Balaban J connectivity index is 1.84. The van der Waals surface area contributed by atoms with E-state index in [-0.39, 0.29) is 18.4 Å². The first-order valence-electron chi connectivity index (χ1n) is 8.85. The molecule has 0 saturated carbocycles. The minimum Gasteiger partial charge on any atom is -0.493 e. The van der Waals surface area contributed by atoms with Crippen molar-refractivity contribution in [3.05, 3.63) is 42.0 Å². The molecule has 0 radical (unpaired) electrons. The zero-order chi connectivity index (χ0) is 20.5. The Kier molecular flexibility index (Phi) is 5.18. The van der Waals surface area contributed by atoms with Gasteiger partial charge in [-0.3, -0.25) is 9.59 Å². The maximum absolute atomic E-state index is 12.6. The molecular weight excluding hydrogens is 360 g/mol. The van der Waals surface area contributed by atoms with Crippen LogP contribution in [0.5, 0.6) is 17.2 Å². The van der Waals surface area contributed by atoms with Crippen molar-refractivity contribution in [2.24, 2.45) is 5.41 Å². The zero-order valence-corrected chi connectivity index (χ0v) is 16.7. The minimum absolute atomic E-state index is 0.0200. The van der Waals surface area contributed by atoms with Gasteiger partial charge in [0, 0.05) is 24.4 Å². The lowest BCUT2D eigenvalue weighted by Gasteiger charge is -2.24. The first-order chi connectivity index (χ1) is 13.3. The highest BCUT2D eigenvalue weighted by Crippen LogP contribution is 2.37. The van der Waals surface area contributed by atoms with E-state index in [1.165, 1.54) is 14.2 Å². The number of carbonyl (C=O) groups is 2. The van der Waals surface area contributed by atoms with Crippen molar-refractivity contribution < 1.29 is 23.8 Å². The van der Waals surface area contributed by atoms with Crippen LogP contribution in [0, 0.1) is 5.41 Å². The summed E-state index contributed by atoms with van der Waals surface area (Å²) in [6, 6.07) is 10.2. The van der Waals surface area contributed by atoms with Gasteiger partial charge in [-0.05, 0) is 44.2 Å². The van der Waals surface area contributed by atoms with E-state index < -0.39 is 5.41 Å². The van der Waals surface area contributed by atoms with Crippen LogP contribution in [0.2, 0.25) is 0 Å². The number of nitrogens with zero attached hydrogens (tertiary/aromatic N) is 1. The van der Waals surface area contributed by atoms with Crippen molar-refractivity contribution in [1.29, 1.82) is 0 Å². The molecule has 2 aromatic rings. The Labute approximate surface area is 164 Å². The van der Waals surface area contributed by atoms with Crippen LogP contribution >= 0.6 is 0 Å².